The molecule has 0 radical (unpaired) electrons. The van der Waals surface area contributed by atoms with E-state index < -0.39 is 17.6 Å². The molecule has 0 aromatic carbocycles. The van der Waals surface area contributed by atoms with E-state index in [2.05, 4.69) is 0 Å². The van der Waals surface area contributed by atoms with Crippen molar-refractivity contribution in [2.45, 2.75) is 50.4 Å². The van der Waals surface area contributed by atoms with Crippen LogP contribution < -0.4 is 11.5 Å². The summed E-state index contributed by atoms with van der Waals surface area (Å²) in [6.45, 7) is 1.16. The Balaban J connectivity index is 2.66. The van der Waals surface area contributed by atoms with Crippen LogP contribution in [0.5, 0.6) is 0 Å². The van der Waals surface area contributed by atoms with E-state index >= 15 is 0 Å². The molecule has 1 rings (SSSR count). The number of hydrogen-bond donors (Lipinski definition) is 2. The molecule has 1 aliphatic carbocycles. The Hall–Kier alpha value is -0.290. The summed E-state index contributed by atoms with van der Waals surface area (Å²) < 4.78 is 37.4. The summed E-state index contributed by atoms with van der Waals surface area (Å²) >= 11 is 0. The van der Waals surface area contributed by atoms with Crippen molar-refractivity contribution < 1.29 is 13.2 Å². The Labute approximate surface area is 81.8 Å². The van der Waals surface area contributed by atoms with Gasteiger partial charge in [-0.3, -0.25) is 0 Å². The van der Waals surface area contributed by atoms with E-state index in [1.165, 1.54) is 0 Å². The average molecular weight is 210 g/mol. The Morgan fingerprint density at radius 3 is 2.07 bits per heavy atom. The van der Waals surface area contributed by atoms with Gasteiger partial charge in [-0.1, -0.05) is 6.92 Å². The number of alkyl halides is 3. The normalized spacial score (nSPS) is 36.9. The van der Waals surface area contributed by atoms with Crippen LogP contribution in [0.15, 0.2) is 0 Å². The average Bonchev–Trinajstić information content (AvgIpc) is 2.08. The zero-order chi connectivity index (χ0) is 11.0. The van der Waals surface area contributed by atoms with Crippen molar-refractivity contribution in [3.05, 3.63) is 0 Å². The summed E-state index contributed by atoms with van der Waals surface area (Å²) in [5.74, 6) is -1.44. The predicted octanol–water partition coefficient (Wildman–Crippen LogP) is 1.78. The van der Waals surface area contributed by atoms with Crippen molar-refractivity contribution in [2.75, 3.05) is 0 Å². The highest BCUT2D eigenvalue weighted by Gasteiger charge is 2.49. The lowest BCUT2D eigenvalue weighted by Crippen LogP contribution is -2.55. The lowest BCUT2D eigenvalue weighted by atomic mass is 9.72. The lowest BCUT2D eigenvalue weighted by Gasteiger charge is -2.41. The van der Waals surface area contributed by atoms with Crippen molar-refractivity contribution >= 4 is 0 Å². The molecule has 0 bridgehead atoms. The molecule has 84 valence electrons. The molecule has 0 saturated heterocycles. The minimum atomic E-state index is -4.20. The van der Waals surface area contributed by atoms with Crippen molar-refractivity contribution in [3.63, 3.8) is 0 Å². The van der Waals surface area contributed by atoms with Gasteiger partial charge in [-0.15, -0.1) is 0 Å². The van der Waals surface area contributed by atoms with Gasteiger partial charge in [0.2, 0.25) is 0 Å². The van der Waals surface area contributed by atoms with Gasteiger partial charge in [-0.25, -0.2) is 0 Å². The van der Waals surface area contributed by atoms with Gasteiger partial charge in [0.05, 0.1) is 5.92 Å². The second-order valence-corrected chi connectivity index (χ2v) is 4.33. The standard InChI is InChI=1S/C9H17F3N2/c1-6(9(10,11)12)8(14)4-2-7(13)3-5-8/h6-7H,2-5,13-14H2,1H3. The van der Waals surface area contributed by atoms with Crippen LogP contribution in [0.4, 0.5) is 13.2 Å². The highest BCUT2D eigenvalue weighted by atomic mass is 19.4. The van der Waals surface area contributed by atoms with Gasteiger partial charge in [-0.05, 0) is 25.7 Å². The van der Waals surface area contributed by atoms with Gasteiger partial charge in [-0.2, -0.15) is 13.2 Å². The van der Waals surface area contributed by atoms with Gasteiger partial charge >= 0.3 is 6.18 Å². The summed E-state index contributed by atoms with van der Waals surface area (Å²) in [7, 11) is 0. The van der Waals surface area contributed by atoms with E-state index in [4.69, 9.17) is 11.5 Å². The number of hydrogen-bond acceptors (Lipinski definition) is 2. The van der Waals surface area contributed by atoms with Crippen molar-refractivity contribution in [3.8, 4) is 0 Å². The topological polar surface area (TPSA) is 52.0 Å². The van der Waals surface area contributed by atoms with Gasteiger partial charge in [0.1, 0.15) is 0 Å². The fourth-order valence-corrected chi connectivity index (χ4v) is 1.94. The van der Waals surface area contributed by atoms with Crippen molar-refractivity contribution in [1.29, 1.82) is 0 Å². The summed E-state index contributed by atoms with van der Waals surface area (Å²) in [5, 5.41) is 0. The first-order chi connectivity index (χ1) is 6.26. The Morgan fingerprint density at radius 1 is 1.29 bits per heavy atom. The summed E-state index contributed by atoms with van der Waals surface area (Å²) in [6, 6.07) is 0.0205. The lowest BCUT2D eigenvalue weighted by molar-refractivity contribution is -0.190. The van der Waals surface area contributed by atoms with Crippen LogP contribution in [-0.4, -0.2) is 17.8 Å². The van der Waals surface area contributed by atoms with E-state index in [1.807, 2.05) is 0 Å². The molecule has 1 atom stereocenters. The van der Waals surface area contributed by atoms with Crippen LogP contribution in [0, 0.1) is 5.92 Å². The quantitative estimate of drug-likeness (QED) is 0.693. The van der Waals surface area contributed by atoms with E-state index in [0.717, 1.165) is 6.92 Å². The molecule has 2 nitrogen and oxygen atoms in total. The number of nitrogens with two attached hydrogens (primary N) is 2. The second kappa shape index (κ2) is 3.70. The van der Waals surface area contributed by atoms with Crippen LogP contribution in [0.25, 0.3) is 0 Å². The van der Waals surface area contributed by atoms with Crippen LogP contribution in [-0.2, 0) is 0 Å². The molecule has 5 heteroatoms. The molecule has 0 aliphatic heterocycles. The van der Waals surface area contributed by atoms with Crippen molar-refractivity contribution in [1.82, 2.24) is 0 Å². The fraction of sp³-hybridized carbons (Fsp3) is 1.00. The van der Waals surface area contributed by atoms with E-state index in [-0.39, 0.29) is 6.04 Å². The third kappa shape index (κ3) is 2.39. The largest absolute Gasteiger partial charge is 0.393 e. The minimum absolute atomic E-state index is 0.0205. The molecule has 14 heavy (non-hydrogen) atoms. The summed E-state index contributed by atoms with van der Waals surface area (Å²) in [5.41, 5.74) is 10.3. The smallest absolute Gasteiger partial charge is 0.328 e. The van der Waals surface area contributed by atoms with Crippen molar-refractivity contribution in [2.24, 2.45) is 17.4 Å². The maximum Gasteiger partial charge on any atom is 0.393 e. The maximum atomic E-state index is 12.5. The van der Waals surface area contributed by atoms with E-state index in [0.29, 0.717) is 25.7 Å². The molecule has 0 aromatic rings. The molecule has 1 aliphatic rings. The molecular formula is C9H17F3N2. The first-order valence-corrected chi connectivity index (χ1v) is 4.87. The monoisotopic (exact) mass is 210 g/mol. The predicted molar refractivity (Wildman–Crippen MR) is 48.6 cm³/mol. The molecular weight excluding hydrogens is 193 g/mol. The van der Waals surface area contributed by atoms with Gasteiger partial charge in [0.15, 0.2) is 0 Å². The highest BCUT2D eigenvalue weighted by Crippen LogP contribution is 2.40. The molecule has 0 heterocycles. The number of halogens is 3. The molecule has 1 saturated carbocycles. The Morgan fingerprint density at radius 2 is 1.71 bits per heavy atom. The number of rotatable bonds is 1. The minimum Gasteiger partial charge on any atom is -0.328 e. The van der Waals surface area contributed by atoms with E-state index in [9.17, 15) is 13.2 Å². The van der Waals surface area contributed by atoms with Crippen LogP contribution in [0.3, 0.4) is 0 Å². The van der Waals surface area contributed by atoms with Gasteiger partial charge < -0.3 is 11.5 Å². The fourth-order valence-electron chi connectivity index (χ4n) is 1.94. The highest BCUT2D eigenvalue weighted by molar-refractivity contribution is 4.97. The molecule has 0 aromatic heterocycles. The van der Waals surface area contributed by atoms with Crippen LogP contribution in [0.1, 0.15) is 32.6 Å². The molecule has 0 spiro atoms. The van der Waals surface area contributed by atoms with Crippen LogP contribution in [0.2, 0.25) is 0 Å². The van der Waals surface area contributed by atoms with Gasteiger partial charge in [0.25, 0.3) is 0 Å². The van der Waals surface area contributed by atoms with E-state index in [1.54, 1.807) is 0 Å². The third-order valence-corrected chi connectivity index (χ3v) is 3.31. The molecule has 4 N–H and O–H groups in total. The first kappa shape index (κ1) is 11.8. The van der Waals surface area contributed by atoms with Crippen LogP contribution >= 0.6 is 0 Å². The molecule has 1 unspecified atom stereocenters. The third-order valence-electron chi connectivity index (χ3n) is 3.31. The molecule has 0 amide bonds. The maximum absolute atomic E-state index is 12.5. The SMILES string of the molecule is CC(C(F)(F)F)C1(N)CCC(N)CC1. The molecule has 1 fully saturated rings. The zero-order valence-corrected chi connectivity index (χ0v) is 8.27. The Bertz CT molecular complexity index is 195. The second-order valence-electron chi connectivity index (χ2n) is 4.33. The summed E-state index contributed by atoms with van der Waals surface area (Å²) in [6.07, 6.45) is -2.27. The Kier molecular flexibility index (Phi) is 3.11. The summed E-state index contributed by atoms with van der Waals surface area (Å²) in [4.78, 5) is 0. The van der Waals surface area contributed by atoms with Gasteiger partial charge in [0, 0.05) is 11.6 Å². The zero-order valence-electron chi connectivity index (χ0n) is 8.27. The first-order valence-electron chi connectivity index (χ1n) is 4.87.